The van der Waals surface area contributed by atoms with Crippen LogP contribution in [0.3, 0.4) is 0 Å². The number of nitriles is 1. The molecule has 374 valence electrons. The van der Waals surface area contributed by atoms with Gasteiger partial charge in [0.1, 0.15) is 33.6 Å². The van der Waals surface area contributed by atoms with Gasteiger partial charge in [-0.2, -0.15) is 27.2 Å². The van der Waals surface area contributed by atoms with E-state index >= 15 is 0 Å². The highest BCUT2D eigenvalue weighted by atomic mass is 32.2. The zero-order valence-corrected chi connectivity index (χ0v) is 40.7. The van der Waals surface area contributed by atoms with Crippen molar-refractivity contribution in [2.45, 2.75) is 16.7 Å². The monoisotopic (exact) mass is 1080 g/mol. The number of phenolic OH excluding ortho intramolecular Hbond substituents is 1. The predicted octanol–water partition coefficient (Wildman–Crippen LogP) is 11.2. The molecule has 25 nitrogen and oxygen atoms in total. The Morgan fingerprint density at radius 2 is 1.50 bits per heavy atom. The molecule has 3 heterocycles. The quantitative estimate of drug-likeness (QED) is 0.0185. The van der Waals surface area contributed by atoms with Crippen LogP contribution in [-0.2, 0) is 29.6 Å². The molecule has 0 aliphatic carbocycles. The number of rotatable bonds is 13. The molecule has 0 fully saturated rings. The van der Waals surface area contributed by atoms with Crippen LogP contribution in [0.4, 0.5) is 39.3 Å². The average Bonchev–Trinajstić information content (AvgIpc) is 3.96. The number of carbonyl (C=O) groups excluding carboxylic acids is 1. The summed E-state index contributed by atoms with van der Waals surface area (Å²) in [6.07, 6.45) is 0.715. The number of hydrogen-bond donors (Lipinski definition) is 7. The molecule has 1 amide bonds. The average molecular weight is 1080 g/mol. The lowest BCUT2D eigenvalue weighted by atomic mass is 10.1. The van der Waals surface area contributed by atoms with Crippen LogP contribution in [-0.4, -0.2) is 79.0 Å². The standard InChI is InChI=1S/C44H27N11O11S3.CH4O3S/c1-21-27(20-45)40-46-28-9-5-6-10-33(28)55(40)42(58)37(21)52-49-25-12-13-26-24(15-25)17-35(68-66-65-61)38(39(26)56)53-51-32-18-30(47-41(57)22-7-3-2-4-8-22)31(19-36(32)69(62,63)64)50-54-44-48-29-14-11-23(43(59)60)16-34(29)67-44;1-5(2,3)4/h2-19,56,58,61H,1H3,(H,47,57)(H,59,60)(H,62,63,64);1H3,(H,2,3,4). The number of fused-ring (bicyclic) bond motifs is 5. The van der Waals surface area contributed by atoms with E-state index in [1.54, 1.807) is 49.4 Å². The molecule has 3 aromatic heterocycles. The summed E-state index contributed by atoms with van der Waals surface area (Å²) in [6.45, 7) is 1.60. The molecular weight excluding hydrogens is 1050 g/mol. The van der Waals surface area contributed by atoms with E-state index in [0.717, 1.165) is 23.5 Å². The molecule has 0 radical (unpaired) electrons. The van der Waals surface area contributed by atoms with Crippen molar-refractivity contribution < 1.29 is 65.5 Å². The normalized spacial score (nSPS) is 12.1. The fourth-order valence-electron chi connectivity index (χ4n) is 7.04. The zero-order chi connectivity index (χ0) is 53.1. The van der Waals surface area contributed by atoms with Crippen LogP contribution in [0.15, 0.2) is 150 Å². The maximum atomic E-state index is 13.4. The van der Waals surface area contributed by atoms with E-state index in [-0.39, 0.29) is 72.1 Å². The van der Waals surface area contributed by atoms with E-state index in [9.17, 15) is 51.6 Å². The fraction of sp³-hybridized carbons (Fsp3) is 0.0444. The van der Waals surface area contributed by atoms with E-state index in [4.69, 9.17) is 9.81 Å². The van der Waals surface area contributed by atoms with Gasteiger partial charge in [0, 0.05) is 16.5 Å². The third-order valence-electron chi connectivity index (χ3n) is 10.3. The van der Waals surface area contributed by atoms with Crippen molar-refractivity contribution in [3.8, 4) is 17.7 Å². The predicted molar refractivity (Wildman–Crippen MR) is 267 cm³/mol. The number of imidazole rings is 1. The largest absolute Gasteiger partial charge is 0.505 e. The number of carbonyl (C=O) groups is 2. The number of phenols is 1. The van der Waals surface area contributed by atoms with Gasteiger partial charge >= 0.3 is 5.97 Å². The number of benzene rings is 6. The van der Waals surface area contributed by atoms with Gasteiger partial charge < -0.3 is 20.6 Å². The van der Waals surface area contributed by atoms with Crippen LogP contribution in [0.5, 0.6) is 11.6 Å². The van der Waals surface area contributed by atoms with E-state index in [0.29, 0.717) is 50.5 Å². The first-order valence-electron chi connectivity index (χ1n) is 20.5. The Labute approximate surface area is 423 Å². The molecule has 0 saturated heterocycles. The number of thiazole rings is 1. The molecule has 0 bridgehead atoms. The second-order valence-corrected chi connectivity index (χ2v) is 19.8. The van der Waals surface area contributed by atoms with Crippen molar-refractivity contribution in [3.05, 3.63) is 131 Å². The molecule has 0 spiro atoms. The summed E-state index contributed by atoms with van der Waals surface area (Å²) < 4.78 is 68.7. The first-order valence-corrected chi connectivity index (χ1v) is 25.4. The first kappa shape index (κ1) is 51.6. The van der Waals surface area contributed by atoms with Crippen LogP contribution in [0, 0.1) is 18.3 Å². The minimum Gasteiger partial charge on any atom is -0.505 e. The molecular formula is C45H31N11O14S4. The number of aromatic hydroxyl groups is 2. The lowest BCUT2D eigenvalue weighted by molar-refractivity contribution is -0.432. The molecule has 74 heavy (non-hydrogen) atoms. The molecule has 0 saturated carbocycles. The van der Waals surface area contributed by atoms with E-state index in [1.165, 1.54) is 59.0 Å². The summed E-state index contributed by atoms with van der Waals surface area (Å²) in [7, 11) is -8.81. The number of carboxylic acid groups (broad SMARTS) is 1. The van der Waals surface area contributed by atoms with Crippen molar-refractivity contribution in [3.63, 3.8) is 0 Å². The highest BCUT2D eigenvalue weighted by Gasteiger charge is 2.24. The minimum atomic E-state index is -5.14. The van der Waals surface area contributed by atoms with Crippen molar-refractivity contribution in [1.29, 1.82) is 5.26 Å². The topological polar surface area (TPSA) is 382 Å². The maximum Gasteiger partial charge on any atom is 0.335 e. The number of nitrogens with zero attached hydrogens (tertiary/aromatic N) is 10. The van der Waals surface area contributed by atoms with Gasteiger partial charge in [0.15, 0.2) is 17.1 Å². The molecule has 7 N–H and O–H groups in total. The third-order valence-corrected chi connectivity index (χ3v) is 12.7. The second-order valence-electron chi connectivity index (χ2n) is 15.2. The Kier molecular flexibility index (Phi) is 14.8. The van der Waals surface area contributed by atoms with Crippen molar-refractivity contribution in [1.82, 2.24) is 14.4 Å². The van der Waals surface area contributed by atoms with Crippen molar-refractivity contribution in [2.75, 3.05) is 11.6 Å². The van der Waals surface area contributed by atoms with Gasteiger partial charge in [-0.1, -0.05) is 46.7 Å². The van der Waals surface area contributed by atoms with Crippen LogP contribution in [0.1, 0.15) is 31.8 Å². The second kappa shape index (κ2) is 21.2. The summed E-state index contributed by atoms with van der Waals surface area (Å²) >= 11 is 1.35. The van der Waals surface area contributed by atoms with E-state index in [2.05, 4.69) is 61.4 Å². The van der Waals surface area contributed by atoms with Gasteiger partial charge in [0.05, 0.1) is 61.4 Å². The summed E-state index contributed by atoms with van der Waals surface area (Å²) in [5.74, 6) is -2.65. The van der Waals surface area contributed by atoms with Gasteiger partial charge in [-0.25, -0.2) is 20.0 Å². The molecule has 29 heteroatoms. The van der Waals surface area contributed by atoms with Gasteiger partial charge in [-0.3, -0.25) is 18.3 Å². The Morgan fingerprint density at radius 1 is 0.797 bits per heavy atom. The van der Waals surface area contributed by atoms with Gasteiger partial charge in [-0.05, 0) is 91.2 Å². The molecule has 0 atom stereocenters. The number of amides is 1. The fourth-order valence-corrected chi connectivity index (χ4v) is 8.99. The summed E-state index contributed by atoms with van der Waals surface area (Å²) in [5.41, 5.74) is 1.32. The highest BCUT2D eigenvalue weighted by molar-refractivity contribution is 7.94. The van der Waals surface area contributed by atoms with Crippen molar-refractivity contribution >= 4 is 132 Å². The number of hydrogen-bond acceptors (Lipinski definition) is 22. The SMILES string of the molecule is CS(=O)(=O)O.Cc1c(N=Nc2ccc3c(O)c(N=Nc4cc(NC(=O)c5ccccc5)c(N=Nc5nc6ccc(C(=O)O)cc6s5)cc4S(=O)(=O)O)c(SOOO)cc3c2)c(O)n2c(nc3ccccc32)c1C#N. The molecule has 0 unspecified atom stereocenters. The van der Waals surface area contributed by atoms with Gasteiger partial charge in [0.25, 0.3) is 26.1 Å². The molecule has 0 aliphatic rings. The molecule has 0 aliphatic heterocycles. The number of azo groups is 3. The summed E-state index contributed by atoms with van der Waals surface area (Å²) in [5, 5.41) is 83.4. The smallest absolute Gasteiger partial charge is 0.335 e. The number of anilines is 1. The van der Waals surface area contributed by atoms with Crippen LogP contribution >= 0.6 is 23.4 Å². The lowest BCUT2D eigenvalue weighted by Crippen LogP contribution is -2.12. The Morgan fingerprint density at radius 3 is 2.20 bits per heavy atom. The minimum absolute atomic E-state index is 0.000358. The number of aromatic nitrogens is 3. The Balaban J connectivity index is 0.00000139. The number of nitrogens with one attached hydrogen (secondary N) is 1. The molecule has 6 aromatic carbocycles. The molecule has 9 aromatic rings. The summed E-state index contributed by atoms with van der Waals surface area (Å²) in [6, 6.07) is 29.1. The number of para-hydroxylation sites is 2. The van der Waals surface area contributed by atoms with E-state index in [1.807, 2.05) is 0 Å². The van der Waals surface area contributed by atoms with E-state index < -0.39 is 48.4 Å². The van der Waals surface area contributed by atoms with Crippen LogP contribution in [0.2, 0.25) is 0 Å². The van der Waals surface area contributed by atoms with Crippen LogP contribution < -0.4 is 5.32 Å². The zero-order valence-electron chi connectivity index (χ0n) is 37.4. The Hall–Kier alpha value is -8.70. The van der Waals surface area contributed by atoms with Crippen LogP contribution in [0.25, 0.3) is 37.7 Å². The lowest BCUT2D eigenvalue weighted by Gasteiger charge is -2.12. The first-order chi connectivity index (χ1) is 35.2. The number of carboxylic acids is 1. The summed E-state index contributed by atoms with van der Waals surface area (Å²) in [4.78, 5) is 32.8. The van der Waals surface area contributed by atoms with Gasteiger partial charge in [-0.15, -0.1) is 29.9 Å². The third kappa shape index (κ3) is 11.3. The maximum absolute atomic E-state index is 13.4. The highest BCUT2D eigenvalue weighted by Crippen LogP contribution is 2.46. The van der Waals surface area contributed by atoms with Gasteiger partial charge in [0.2, 0.25) is 11.0 Å². The number of aromatic carboxylic acids is 1. The van der Waals surface area contributed by atoms with Crippen molar-refractivity contribution in [2.24, 2.45) is 30.7 Å². The molecule has 9 rings (SSSR count). The Bertz CT molecular complexity index is 4120. The number of pyridine rings is 1.